The number of benzene rings is 1. The molecule has 0 bridgehead atoms. The van der Waals surface area contributed by atoms with Crippen molar-refractivity contribution >= 4 is 50.0 Å². The lowest BCUT2D eigenvalue weighted by molar-refractivity contribution is 0.627. The van der Waals surface area contributed by atoms with Gasteiger partial charge in [-0.25, -0.2) is 14.4 Å². The van der Waals surface area contributed by atoms with E-state index in [9.17, 15) is 4.39 Å². The molecule has 2 rings (SSSR count). The van der Waals surface area contributed by atoms with Crippen molar-refractivity contribution in [1.29, 1.82) is 0 Å². The Hall–Kier alpha value is -0.760. The second kappa shape index (κ2) is 5.26. The molecule has 1 aromatic carbocycles. The zero-order valence-electron chi connectivity index (χ0n) is 8.84. The molecule has 0 spiro atoms. The fourth-order valence-corrected chi connectivity index (χ4v) is 2.41. The van der Waals surface area contributed by atoms with Crippen LogP contribution in [-0.2, 0) is 0 Å². The number of aryl methyl sites for hydroxylation is 1. The van der Waals surface area contributed by atoms with E-state index < -0.39 is 0 Å². The van der Waals surface area contributed by atoms with Crippen LogP contribution < -0.4 is 5.32 Å². The van der Waals surface area contributed by atoms with Gasteiger partial charge in [0.1, 0.15) is 22.1 Å². The maximum atomic E-state index is 12.9. The lowest BCUT2D eigenvalue weighted by Gasteiger charge is -2.08. The van der Waals surface area contributed by atoms with E-state index in [0.717, 1.165) is 9.26 Å². The number of hydrogen-bond donors (Lipinski definition) is 1. The standard InChI is InChI=1S/C11H8BrFIN3/c1-6-15-10(12)5-11(16-6)17-9-3-2-7(13)4-8(9)14/h2-5H,1H3,(H,15,16,17). The Morgan fingerprint density at radius 2 is 2.06 bits per heavy atom. The van der Waals surface area contributed by atoms with Crippen LogP contribution in [0.25, 0.3) is 0 Å². The highest BCUT2D eigenvalue weighted by atomic mass is 127. The number of anilines is 2. The monoisotopic (exact) mass is 407 g/mol. The summed E-state index contributed by atoms with van der Waals surface area (Å²) in [4.78, 5) is 8.36. The summed E-state index contributed by atoms with van der Waals surface area (Å²) in [6.07, 6.45) is 0. The number of aromatic nitrogens is 2. The average molecular weight is 408 g/mol. The fourth-order valence-electron chi connectivity index (χ4n) is 1.32. The van der Waals surface area contributed by atoms with Gasteiger partial charge in [0.25, 0.3) is 0 Å². The van der Waals surface area contributed by atoms with Crippen molar-refractivity contribution in [3.63, 3.8) is 0 Å². The van der Waals surface area contributed by atoms with Gasteiger partial charge in [0.2, 0.25) is 0 Å². The molecule has 0 unspecified atom stereocenters. The Bertz CT molecular complexity index is 542. The first-order valence-corrected chi connectivity index (χ1v) is 6.65. The van der Waals surface area contributed by atoms with Gasteiger partial charge in [-0.1, -0.05) is 0 Å². The van der Waals surface area contributed by atoms with E-state index in [2.05, 4.69) is 53.8 Å². The minimum absolute atomic E-state index is 0.250. The minimum Gasteiger partial charge on any atom is -0.339 e. The van der Waals surface area contributed by atoms with E-state index in [0.29, 0.717) is 16.2 Å². The molecule has 1 N–H and O–H groups in total. The summed E-state index contributed by atoms with van der Waals surface area (Å²) >= 11 is 5.38. The summed E-state index contributed by atoms with van der Waals surface area (Å²) in [5, 5.41) is 3.13. The second-order valence-electron chi connectivity index (χ2n) is 3.37. The fraction of sp³-hybridized carbons (Fsp3) is 0.0909. The van der Waals surface area contributed by atoms with Crippen LogP contribution in [0.5, 0.6) is 0 Å². The zero-order chi connectivity index (χ0) is 12.4. The molecule has 0 aliphatic heterocycles. The van der Waals surface area contributed by atoms with Crippen molar-refractivity contribution in [2.45, 2.75) is 6.92 Å². The number of nitrogens with zero attached hydrogens (tertiary/aromatic N) is 2. The van der Waals surface area contributed by atoms with Crippen LogP contribution in [0.15, 0.2) is 28.9 Å². The van der Waals surface area contributed by atoms with Gasteiger partial charge in [0.05, 0.1) is 5.69 Å². The number of hydrogen-bond acceptors (Lipinski definition) is 3. The lowest BCUT2D eigenvalue weighted by Crippen LogP contribution is -1.99. The maximum Gasteiger partial charge on any atom is 0.135 e. The molecule has 0 saturated carbocycles. The molecule has 0 fully saturated rings. The predicted molar refractivity (Wildman–Crippen MR) is 76.9 cm³/mol. The summed E-state index contributed by atoms with van der Waals surface area (Å²) in [7, 11) is 0. The van der Waals surface area contributed by atoms with Crippen LogP contribution in [0.2, 0.25) is 0 Å². The molecule has 1 aromatic heterocycles. The van der Waals surface area contributed by atoms with Gasteiger partial charge in [-0.15, -0.1) is 0 Å². The van der Waals surface area contributed by atoms with Crippen molar-refractivity contribution in [1.82, 2.24) is 9.97 Å². The Morgan fingerprint density at radius 1 is 1.29 bits per heavy atom. The zero-order valence-corrected chi connectivity index (χ0v) is 12.6. The van der Waals surface area contributed by atoms with Crippen molar-refractivity contribution in [2.24, 2.45) is 0 Å². The Morgan fingerprint density at radius 3 is 2.71 bits per heavy atom. The molecule has 0 aliphatic carbocycles. The molecule has 0 amide bonds. The Labute approximate surface area is 120 Å². The van der Waals surface area contributed by atoms with Crippen LogP contribution in [0, 0.1) is 16.3 Å². The molecule has 3 nitrogen and oxygen atoms in total. The Balaban J connectivity index is 2.31. The lowest BCUT2D eigenvalue weighted by atomic mass is 10.3. The average Bonchev–Trinajstić information content (AvgIpc) is 2.21. The SMILES string of the molecule is Cc1nc(Br)cc(Nc2ccc(F)cc2I)n1. The van der Waals surface area contributed by atoms with E-state index in [-0.39, 0.29) is 5.82 Å². The van der Waals surface area contributed by atoms with Gasteiger partial charge in [0, 0.05) is 9.64 Å². The summed E-state index contributed by atoms with van der Waals surface area (Å²) in [6.45, 7) is 1.81. The van der Waals surface area contributed by atoms with Gasteiger partial charge in [-0.05, 0) is 63.6 Å². The van der Waals surface area contributed by atoms with Crippen LogP contribution in [0.3, 0.4) is 0 Å². The minimum atomic E-state index is -0.250. The molecule has 0 saturated heterocycles. The highest BCUT2D eigenvalue weighted by Gasteiger charge is 2.04. The molecule has 0 radical (unpaired) electrons. The predicted octanol–water partition coefficient (Wildman–Crippen LogP) is 4.03. The molecule has 1 heterocycles. The Kier molecular flexibility index (Phi) is 3.93. The molecule has 6 heteroatoms. The molecule has 2 aromatic rings. The normalized spacial score (nSPS) is 10.4. The van der Waals surface area contributed by atoms with Crippen LogP contribution in [0.1, 0.15) is 5.82 Å². The molecular formula is C11H8BrFIN3. The molecule has 0 aliphatic rings. The smallest absolute Gasteiger partial charge is 0.135 e. The molecule has 17 heavy (non-hydrogen) atoms. The van der Waals surface area contributed by atoms with Gasteiger partial charge >= 0.3 is 0 Å². The van der Waals surface area contributed by atoms with Crippen molar-refractivity contribution in [2.75, 3.05) is 5.32 Å². The van der Waals surface area contributed by atoms with E-state index in [1.54, 1.807) is 12.1 Å². The van der Waals surface area contributed by atoms with Gasteiger partial charge in [-0.3, -0.25) is 0 Å². The highest BCUT2D eigenvalue weighted by Crippen LogP contribution is 2.23. The van der Waals surface area contributed by atoms with Crippen LogP contribution in [0.4, 0.5) is 15.9 Å². The largest absolute Gasteiger partial charge is 0.339 e. The third-order valence-electron chi connectivity index (χ3n) is 2.00. The molecular weight excluding hydrogens is 400 g/mol. The van der Waals surface area contributed by atoms with Crippen LogP contribution in [-0.4, -0.2) is 9.97 Å². The van der Waals surface area contributed by atoms with Gasteiger partial charge in [0.15, 0.2) is 0 Å². The van der Waals surface area contributed by atoms with Crippen molar-refractivity contribution in [3.8, 4) is 0 Å². The topological polar surface area (TPSA) is 37.8 Å². The van der Waals surface area contributed by atoms with E-state index >= 15 is 0 Å². The summed E-state index contributed by atoms with van der Waals surface area (Å²) < 4.78 is 14.5. The van der Waals surface area contributed by atoms with Gasteiger partial charge in [-0.2, -0.15) is 0 Å². The van der Waals surface area contributed by atoms with Crippen LogP contribution >= 0.6 is 38.5 Å². The first kappa shape index (κ1) is 12.7. The second-order valence-corrected chi connectivity index (χ2v) is 5.35. The number of rotatable bonds is 2. The first-order valence-electron chi connectivity index (χ1n) is 4.78. The number of halogens is 3. The maximum absolute atomic E-state index is 12.9. The summed E-state index contributed by atoms with van der Waals surface area (Å²) in [5.74, 6) is 1.09. The molecule has 0 atom stereocenters. The molecule has 88 valence electrons. The third-order valence-corrected chi connectivity index (χ3v) is 3.30. The number of nitrogens with one attached hydrogen (secondary N) is 1. The van der Waals surface area contributed by atoms with Gasteiger partial charge < -0.3 is 5.32 Å². The quantitative estimate of drug-likeness (QED) is 0.603. The summed E-state index contributed by atoms with van der Waals surface area (Å²) in [5.41, 5.74) is 0.817. The highest BCUT2D eigenvalue weighted by molar-refractivity contribution is 14.1. The third kappa shape index (κ3) is 3.35. The first-order chi connectivity index (χ1) is 8.04. The van der Waals surface area contributed by atoms with Crippen molar-refractivity contribution in [3.05, 3.63) is 44.1 Å². The van der Waals surface area contributed by atoms with E-state index in [4.69, 9.17) is 0 Å². The van der Waals surface area contributed by atoms with Crippen molar-refractivity contribution < 1.29 is 4.39 Å². The van der Waals surface area contributed by atoms with E-state index in [1.807, 2.05) is 6.92 Å². The summed E-state index contributed by atoms with van der Waals surface area (Å²) in [6, 6.07) is 6.33. The van der Waals surface area contributed by atoms with E-state index in [1.165, 1.54) is 12.1 Å².